The number of rotatable bonds is 8. The fraction of sp³-hybridized carbons (Fsp3) is 1.00. The van der Waals surface area contributed by atoms with Gasteiger partial charge in [-0.05, 0) is 0 Å². The monoisotopic (exact) mass is 244 g/mol. The molecule has 0 amide bonds. The van der Waals surface area contributed by atoms with Crippen molar-refractivity contribution in [1.82, 2.24) is 0 Å². The standard InChI is InChI=1S/C7H16.2C5H12/c1-3-5-7-6-4-2;2*1-3-5-4-2/h3-7H2,1-2H3;2*3-5H2,1-2H3. The van der Waals surface area contributed by atoms with Crippen LogP contribution < -0.4 is 0 Å². The Morgan fingerprint density at radius 1 is 0.294 bits per heavy atom. The third kappa shape index (κ3) is 49.0. The average molecular weight is 245 g/mol. The molecule has 0 fully saturated rings. The van der Waals surface area contributed by atoms with Crippen molar-refractivity contribution in [3.05, 3.63) is 0 Å². The van der Waals surface area contributed by atoms with Crippen LogP contribution in [0.25, 0.3) is 0 Å². The van der Waals surface area contributed by atoms with E-state index in [0.29, 0.717) is 0 Å². The lowest BCUT2D eigenvalue weighted by Crippen LogP contribution is -1.70. The van der Waals surface area contributed by atoms with E-state index in [1.807, 2.05) is 0 Å². The van der Waals surface area contributed by atoms with Crippen LogP contribution in [0, 0.1) is 0 Å². The van der Waals surface area contributed by atoms with Crippen LogP contribution in [0.2, 0.25) is 0 Å². The fourth-order valence-corrected chi connectivity index (χ4v) is 1.38. The molecule has 0 aromatic heterocycles. The summed E-state index contributed by atoms with van der Waals surface area (Å²) in [7, 11) is 0. The summed E-state index contributed by atoms with van der Waals surface area (Å²) in [5.41, 5.74) is 0. The average Bonchev–Trinajstić information content (AvgIpc) is 2.33. The Balaban J connectivity index is -0.000000177. The zero-order chi connectivity index (χ0) is 13.8. The van der Waals surface area contributed by atoms with E-state index >= 15 is 0 Å². The third-order valence-electron chi connectivity index (χ3n) is 2.62. The topological polar surface area (TPSA) is 0 Å². The van der Waals surface area contributed by atoms with Crippen LogP contribution in [0.5, 0.6) is 0 Å². The molecule has 0 aliphatic rings. The molecule has 0 aliphatic heterocycles. The van der Waals surface area contributed by atoms with Gasteiger partial charge in [0, 0.05) is 0 Å². The minimum Gasteiger partial charge on any atom is -0.0654 e. The molecule has 0 aromatic carbocycles. The second-order valence-electron chi connectivity index (χ2n) is 4.77. The highest BCUT2D eigenvalue weighted by Gasteiger charge is 1.80. The molecule has 0 rings (SSSR count). The van der Waals surface area contributed by atoms with E-state index in [-0.39, 0.29) is 0 Å². The first-order valence-electron chi connectivity index (χ1n) is 8.24. The van der Waals surface area contributed by atoms with E-state index in [1.165, 1.54) is 70.6 Å². The summed E-state index contributed by atoms with van der Waals surface area (Å²) in [5.74, 6) is 0. The highest BCUT2D eigenvalue weighted by Crippen LogP contribution is 2.00. The Kier molecular flexibility index (Phi) is 38.9. The molecule has 0 spiro atoms. The van der Waals surface area contributed by atoms with Gasteiger partial charge in [-0.25, -0.2) is 0 Å². The molecule has 0 N–H and O–H groups in total. The molecule has 0 atom stereocenters. The third-order valence-corrected chi connectivity index (χ3v) is 2.62. The van der Waals surface area contributed by atoms with Crippen LogP contribution >= 0.6 is 0 Å². The van der Waals surface area contributed by atoms with E-state index in [0.717, 1.165) is 0 Å². The van der Waals surface area contributed by atoms with Crippen LogP contribution in [-0.2, 0) is 0 Å². The first-order chi connectivity index (χ1) is 8.24. The molecule has 0 heteroatoms. The van der Waals surface area contributed by atoms with E-state index in [9.17, 15) is 0 Å². The van der Waals surface area contributed by atoms with Gasteiger partial charge < -0.3 is 0 Å². The summed E-state index contributed by atoms with van der Waals surface area (Å²) in [4.78, 5) is 0. The zero-order valence-electron chi connectivity index (χ0n) is 13.8. The molecule has 108 valence electrons. The van der Waals surface area contributed by atoms with Crippen molar-refractivity contribution >= 4 is 0 Å². The second-order valence-corrected chi connectivity index (χ2v) is 4.77. The maximum absolute atomic E-state index is 2.25. The van der Waals surface area contributed by atoms with Crippen LogP contribution in [-0.4, -0.2) is 0 Å². The molecular weight excluding hydrogens is 204 g/mol. The molecule has 0 saturated carbocycles. The highest BCUT2D eigenvalue weighted by molar-refractivity contribution is 4.35. The van der Waals surface area contributed by atoms with E-state index in [4.69, 9.17) is 0 Å². The Hall–Kier alpha value is 0. The van der Waals surface area contributed by atoms with Gasteiger partial charge in [0.15, 0.2) is 0 Å². The van der Waals surface area contributed by atoms with Crippen molar-refractivity contribution in [2.24, 2.45) is 0 Å². The van der Waals surface area contributed by atoms with Gasteiger partial charge in [-0.1, -0.05) is 112 Å². The molecule has 0 radical (unpaired) electrons. The van der Waals surface area contributed by atoms with Crippen molar-refractivity contribution < 1.29 is 0 Å². The largest absolute Gasteiger partial charge is 0.0654 e. The van der Waals surface area contributed by atoms with Crippen molar-refractivity contribution in [2.75, 3.05) is 0 Å². The number of hydrogen-bond acceptors (Lipinski definition) is 0. The van der Waals surface area contributed by atoms with Gasteiger partial charge in [0.25, 0.3) is 0 Å². The van der Waals surface area contributed by atoms with E-state index in [2.05, 4.69) is 41.5 Å². The van der Waals surface area contributed by atoms with Gasteiger partial charge in [-0.15, -0.1) is 0 Å². The van der Waals surface area contributed by atoms with Gasteiger partial charge in [0.05, 0.1) is 0 Å². The maximum atomic E-state index is 2.25. The van der Waals surface area contributed by atoms with Crippen molar-refractivity contribution in [1.29, 1.82) is 0 Å². The van der Waals surface area contributed by atoms with Crippen molar-refractivity contribution in [3.8, 4) is 0 Å². The Morgan fingerprint density at radius 3 is 0.647 bits per heavy atom. The number of hydrogen-bond donors (Lipinski definition) is 0. The molecule has 17 heavy (non-hydrogen) atoms. The van der Waals surface area contributed by atoms with Crippen molar-refractivity contribution in [3.63, 3.8) is 0 Å². The molecular formula is C17H40. The number of unbranched alkanes of at least 4 members (excludes halogenated alkanes) is 8. The molecule has 0 heterocycles. The minimum absolute atomic E-state index is 1.34. The minimum atomic E-state index is 1.34. The molecule has 0 nitrogen and oxygen atoms in total. The maximum Gasteiger partial charge on any atom is -0.0533 e. The lowest BCUT2D eigenvalue weighted by Gasteiger charge is -1.90. The molecule has 0 aromatic rings. The normalized spacial score (nSPS) is 8.82. The summed E-state index contributed by atoms with van der Waals surface area (Å²) < 4.78 is 0. The zero-order valence-corrected chi connectivity index (χ0v) is 13.8. The van der Waals surface area contributed by atoms with E-state index < -0.39 is 0 Å². The summed E-state index contributed by atoms with van der Waals surface area (Å²) in [6.45, 7) is 13.3. The van der Waals surface area contributed by atoms with Crippen LogP contribution in [0.4, 0.5) is 0 Å². The van der Waals surface area contributed by atoms with Crippen LogP contribution in [0.1, 0.15) is 112 Å². The van der Waals surface area contributed by atoms with Crippen LogP contribution in [0.15, 0.2) is 0 Å². The second kappa shape index (κ2) is 29.8. The van der Waals surface area contributed by atoms with Gasteiger partial charge in [-0.2, -0.15) is 0 Å². The summed E-state index contributed by atoms with van der Waals surface area (Å²) in [6.07, 6.45) is 15.2. The van der Waals surface area contributed by atoms with Crippen molar-refractivity contribution in [2.45, 2.75) is 112 Å². The molecule has 0 unspecified atom stereocenters. The molecule has 0 aliphatic carbocycles. The summed E-state index contributed by atoms with van der Waals surface area (Å²) >= 11 is 0. The quantitative estimate of drug-likeness (QED) is 0.391. The Labute approximate surface area is 113 Å². The Bertz CT molecular complexity index is 62.1. The molecule has 0 saturated heterocycles. The van der Waals surface area contributed by atoms with Crippen LogP contribution in [0.3, 0.4) is 0 Å². The van der Waals surface area contributed by atoms with Gasteiger partial charge >= 0.3 is 0 Å². The lowest BCUT2D eigenvalue weighted by molar-refractivity contribution is 0.656. The van der Waals surface area contributed by atoms with Gasteiger partial charge in [-0.3, -0.25) is 0 Å². The first kappa shape index (κ1) is 22.2. The van der Waals surface area contributed by atoms with E-state index in [1.54, 1.807) is 0 Å². The van der Waals surface area contributed by atoms with Gasteiger partial charge in [0.1, 0.15) is 0 Å². The Morgan fingerprint density at radius 2 is 0.529 bits per heavy atom. The highest BCUT2D eigenvalue weighted by atomic mass is 13.9. The predicted octanol–water partition coefficient (Wildman–Crippen LogP) is 7.37. The SMILES string of the molecule is CCCCC.CCCCC.CCCCCCC. The lowest BCUT2D eigenvalue weighted by atomic mass is 10.2. The summed E-state index contributed by atoms with van der Waals surface area (Å²) in [5, 5.41) is 0. The predicted molar refractivity (Wildman–Crippen MR) is 84.8 cm³/mol. The van der Waals surface area contributed by atoms with Gasteiger partial charge in [0.2, 0.25) is 0 Å². The fourth-order valence-electron chi connectivity index (χ4n) is 1.38. The smallest absolute Gasteiger partial charge is 0.0533 e. The first-order valence-corrected chi connectivity index (χ1v) is 8.24. The molecule has 0 bridgehead atoms. The summed E-state index contributed by atoms with van der Waals surface area (Å²) in [6, 6.07) is 0.